The van der Waals surface area contributed by atoms with E-state index in [-0.39, 0.29) is 11.7 Å². The van der Waals surface area contributed by atoms with Gasteiger partial charge in [-0.15, -0.1) is 0 Å². The summed E-state index contributed by atoms with van der Waals surface area (Å²) in [6.45, 7) is 3.04. The predicted molar refractivity (Wildman–Crippen MR) is 89.4 cm³/mol. The second-order valence-electron chi connectivity index (χ2n) is 6.35. The Labute approximate surface area is 149 Å². The Kier molecular flexibility index (Phi) is 5.26. The van der Waals surface area contributed by atoms with Crippen LogP contribution in [0.1, 0.15) is 31.4 Å². The van der Waals surface area contributed by atoms with Gasteiger partial charge in [0.25, 0.3) is 0 Å². The topological polar surface area (TPSA) is 63.1 Å². The third-order valence-corrected chi connectivity index (χ3v) is 4.73. The van der Waals surface area contributed by atoms with E-state index in [0.717, 1.165) is 18.9 Å². The van der Waals surface area contributed by atoms with Crippen molar-refractivity contribution in [1.82, 2.24) is 19.7 Å². The summed E-state index contributed by atoms with van der Waals surface area (Å²) in [5.41, 5.74) is -1.06. The number of hydrogen-bond donors (Lipinski definition) is 1. The largest absolute Gasteiger partial charge is 0.418 e. The Hall–Kier alpha value is -2.42. The minimum Gasteiger partial charge on any atom is -0.324 e. The molecule has 0 spiro atoms. The lowest BCUT2D eigenvalue weighted by Gasteiger charge is -2.35. The van der Waals surface area contributed by atoms with Crippen LogP contribution in [-0.4, -0.2) is 44.7 Å². The summed E-state index contributed by atoms with van der Waals surface area (Å²) in [5.74, 6) is -0.444. The molecule has 1 fully saturated rings. The van der Waals surface area contributed by atoms with Crippen LogP contribution in [-0.2, 0) is 11.0 Å². The van der Waals surface area contributed by atoms with Crippen molar-refractivity contribution in [3.05, 3.63) is 42.5 Å². The Balaban J connectivity index is 1.61. The van der Waals surface area contributed by atoms with Gasteiger partial charge in [0.05, 0.1) is 23.3 Å². The fraction of sp³-hybridized carbons (Fsp3) is 0.471. The molecule has 1 amide bonds. The third kappa shape index (κ3) is 4.04. The lowest BCUT2D eigenvalue weighted by molar-refractivity contribution is -0.137. The number of nitrogens with zero attached hydrogens (tertiary/aromatic N) is 4. The van der Waals surface area contributed by atoms with Crippen LogP contribution in [0.4, 0.5) is 18.9 Å². The molecule has 3 rings (SSSR count). The molecule has 1 atom stereocenters. The molecule has 1 aromatic heterocycles. The van der Waals surface area contributed by atoms with Gasteiger partial charge in [-0.2, -0.15) is 18.3 Å². The monoisotopic (exact) mass is 367 g/mol. The molecule has 2 aromatic rings. The standard InChI is InChI=1S/C17H20F3N5O/c1-12(24-8-6-13(7-9-24)25-11-21-10-22-25)16(26)23-15-5-3-2-4-14(15)17(18,19)20/h2-5,10-13H,6-9H2,1H3,(H,23,26). The lowest BCUT2D eigenvalue weighted by Crippen LogP contribution is -2.46. The van der Waals surface area contributed by atoms with Gasteiger partial charge in [-0.1, -0.05) is 12.1 Å². The number of nitrogens with one attached hydrogen (secondary N) is 1. The summed E-state index contributed by atoms with van der Waals surface area (Å²) in [4.78, 5) is 18.4. The summed E-state index contributed by atoms with van der Waals surface area (Å²) in [6.07, 6.45) is 0.258. The summed E-state index contributed by atoms with van der Waals surface area (Å²) in [7, 11) is 0. The van der Waals surface area contributed by atoms with E-state index in [1.165, 1.54) is 24.5 Å². The Morgan fingerprint density at radius 1 is 1.27 bits per heavy atom. The average Bonchev–Trinajstić information content (AvgIpc) is 3.15. The highest BCUT2D eigenvalue weighted by atomic mass is 19.4. The maximum atomic E-state index is 13.1. The predicted octanol–water partition coefficient (Wildman–Crippen LogP) is 2.96. The van der Waals surface area contributed by atoms with Gasteiger partial charge < -0.3 is 5.32 Å². The van der Waals surface area contributed by atoms with Gasteiger partial charge in [-0.3, -0.25) is 9.69 Å². The molecule has 1 aliphatic heterocycles. The van der Waals surface area contributed by atoms with Crippen molar-refractivity contribution in [2.24, 2.45) is 0 Å². The van der Waals surface area contributed by atoms with E-state index in [1.54, 1.807) is 13.3 Å². The van der Waals surface area contributed by atoms with E-state index in [1.807, 2.05) is 9.58 Å². The molecule has 0 radical (unpaired) electrons. The van der Waals surface area contributed by atoms with E-state index >= 15 is 0 Å². The van der Waals surface area contributed by atoms with Crippen molar-refractivity contribution in [1.29, 1.82) is 0 Å². The normalized spacial score (nSPS) is 17.8. The summed E-state index contributed by atoms with van der Waals surface area (Å²) >= 11 is 0. The molecule has 140 valence electrons. The zero-order valence-electron chi connectivity index (χ0n) is 14.3. The first-order valence-corrected chi connectivity index (χ1v) is 8.41. The highest BCUT2D eigenvalue weighted by Crippen LogP contribution is 2.34. The molecule has 1 N–H and O–H groups in total. The van der Waals surface area contributed by atoms with Crippen LogP contribution in [0, 0.1) is 0 Å². The molecule has 1 aliphatic rings. The quantitative estimate of drug-likeness (QED) is 0.903. The summed E-state index contributed by atoms with van der Waals surface area (Å²) < 4.78 is 41.0. The van der Waals surface area contributed by atoms with Crippen LogP contribution < -0.4 is 5.32 Å². The van der Waals surface area contributed by atoms with E-state index in [0.29, 0.717) is 13.1 Å². The van der Waals surface area contributed by atoms with Gasteiger partial charge in [0.15, 0.2) is 0 Å². The van der Waals surface area contributed by atoms with Gasteiger partial charge in [0.2, 0.25) is 5.91 Å². The highest BCUT2D eigenvalue weighted by molar-refractivity contribution is 5.95. The number of aromatic nitrogens is 3. The number of piperidine rings is 1. The van der Waals surface area contributed by atoms with Crippen LogP contribution in [0.5, 0.6) is 0 Å². The second kappa shape index (κ2) is 7.45. The Morgan fingerprint density at radius 2 is 1.96 bits per heavy atom. The number of amides is 1. The molecular weight excluding hydrogens is 347 g/mol. The van der Waals surface area contributed by atoms with Crippen molar-refractivity contribution in [3.63, 3.8) is 0 Å². The van der Waals surface area contributed by atoms with E-state index in [4.69, 9.17) is 0 Å². The molecule has 26 heavy (non-hydrogen) atoms. The first kappa shape index (κ1) is 18.4. The maximum absolute atomic E-state index is 13.1. The Bertz CT molecular complexity index is 739. The van der Waals surface area contributed by atoms with Crippen LogP contribution >= 0.6 is 0 Å². The highest BCUT2D eigenvalue weighted by Gasteiger charge is 2.34. The molecular formula is C17H20F3N5O. The SMILES string of the molecule is CC(C(=O)Nc1ccccc1C(F)(F)F)N1CCC(n2cncn2)CC1. The molecule has 9 heteroatoms. The number of carbonyl (C=O) groups excluding carboxylic acids is 1. The number of anilines is 1. The molecule has 2 heterocycles. The number of likely N-dealkylation sites (tertiary alicyclic amines) is 1. The summed E-state index contributed by atoms with van der Waals surface area (Å²) in [6, 6.07) is 4.72. The van der Waals surface area contributed by atoms with Crippen LogP contribution in [0.15, 0.2) is 36.9 Å². The van der Waals surface area contributed by atoms with Crippen molar-refractivity contribution in [2.75, 3.05) is 18.4 Å². The lowest BCUT2D eigenvalue weighted by atomic mass is 10.0. The fourth-order valence-electron chi connectivity index (χ4n) is 3.19. The number of hydrogen-bond acceptors (Lipinski definition) is 4. The van der Waals surface area contributed by atoms with Crippen LogP contribution in [0.25, 0.3) is 0 Å². The number of halogens is 3. The number of rotatable bonds is 4. The van der Waals surface area contributed by atoms with Gasteiger partial charge in [-0.05, 0) is 31.9 Å². The smallest absolute Gasteiger partial charge is 0.324 e. The molecule has 0 bridgehead atoms. The zero-order valence-corrected chi connectivity index (χ0v) is 14.3. The Morgan fingerprint density at radius 3 is 2.58 bits per heavy atom. The maximum Gasteiger partial charge on any atom is 0.418 e. The van der Waals surface area contributed by atoms with Crippen LogP contribution in [0.2, 0.25) is 0 Å². The van der Waals surface area contributed by atoms with Crippen molar-refractivity contribution in [3.8, 4) is 0 Å². The van der Waals surface area contributed by atoms with Gasteiger partial charge in [0.1, 0.15) is 12.7 Å². The molecule has 1 saturated heterocycles. The zero-order chi connectivity index (χ0) is 18.7. The van der Waals surface area contributed by atoms with E-state index < -0.39 is 23.7 Å². The number of para-hydroxylation sites is 1. The van der Waals surface area contributed by atoms with Gasteiger partial charge in [0, 0.05) is 13.1 Å². The first-order valence-electron chi connectivity index (χ1n) is 8.41. The molecule has 0 aliphatic carbocycles. The minimum absolute atomic E-state index is 0.214. The number of carbonyl (C=O) groups is 1. The third-order valence-electron chi connectivity index (χ3n) is 4.73. The molecule has 1 aromatic carbocycles. The van der Waals surface area contributed by atoms with Gasteiger partial charge in [-0.25, -0.2) is 9.67 Å². The average molecular weight is 367 g/mol. The van der Waals surface area contributed by atoms with Crippen LogP contribution in [0.3, 0.4) is 0 Å². The van der Waals surface area contributed by atoms with Crippen molar-refractivity contribution in [2.45, 2.75) is 38.0 Å². The summed E-state index contributed by atoms with van der Waals surface area (Å²) in [5, 5.41) is 6.56. The second-order valence-corrected chi connectivity index (χ2v) is 6.35. The molecule has 0 saturated carbocycles. The molecule has 6 nitrogen and oxygen atoms in total. The van der Waals surface area contributed by atoms with Crippen molar-refractivity contribution >= 4 is 11.6 Å². The van der Waals surface area contributed by atoms with Gasteiger partial charge >= 0.3 is 6.18 Å². The minimum atomic E-state index is -4.51. The number of benzene rings is 1. The van der Waals surface area contributed by atoms with Crippen molar-refractivity contribution < 1.29 is 18.0 Å². The number of alkyl halides is 3. The first-order chi connectivity index (χ1) is 12.4. The van der Waals surface area contributed by atoms with E-state index in [2.05, 4.69) is 15.4 Å². The fourth-order valence-corrected chi connectivity index (χ4v) is 3.19. The molecule has 1 unspecified atom stereocenters. The van der Waals surface area contributed by atoms with E-state index in [9.17, 15) is 18.0 Å².